The van der Waals surface area contributed by atoms with Crippen molar-refractivity contribution in [1.82, 2.24) is 0 Å². The molecule has 0 spiro atoms. The summed E-state index contributed by atoms with van der Waals surface area (Å²) in [6.07, 6.45) is 0. The number of phenols is 1. The van der Waals surface area contributed by atoms with E-state index in [1.165, 1.54) is 36.4 Å². The quantitative estimate of drug-likeness (QED) is 0.167. The zero-order valence-corrected chi connectivity index (χ0v) is 18.5. The van der Waals surface area contributed by atoms with Gasteiger partial charge in [-0.1, -0.05) is 24.3 Å². The van der Waals surface area contributed by atoms with Gasteiger partial charge in [0.05, 0.1) is 22.5 Å². The van der Waals surface area contributed by atoms with Crippen LogP contribution < -0.4 is 11.1 Å². The van der Waals surface area contributed by atoms with Crippen molar-refractivity contribution >= 4 is 68.3 Å². The molecule has 0 atom stereocenters. The van der Waals surface area contributed by atoms with E-state index in [9.17, 15) is 27.7 Å². The maximum Gasteiger partial charge on any atom is 0.296 e. The van der Waals surface area contributed by atoms with Crippen LogP contribution in [0.15, 0.2) is 59.5 Å². The molecule has 147 valence electrons. The maximum absolute atomic E-state index is 13.1. The molecular weight excluding hydrogens is 419 g/mol. The average Bonchev–Trinajstić information content (AvgIpc) is 2.68. The molecule has 0 aliphatic heterocycles. The van der Waals surface area contributed by atoms with Crippen LogP contribution >= 0.6 is 0 Å². The zero-order chi connectivity index (χ0) is 20.9. The third-order valence-corrected chi connectivity index (χ3v) is 5.52. The van der Waals surface area contributed by atoms with Crippen LogP contribution in [-0.2, 0) is 10.1 Å². The molecule has 30 heavy (non-hydrogen) atoms. The van der Waals surface area contributed by atoms with Crippen LogP contribution in [0.1, 0.15) is 31.8 Å². The fourth-order valence-corrected chi connectivity index (χ4v) is 3.95. The first-order valence-electron chi connectivity index (χ1n) is 8.37. The number of nitrogens with two attached hydrogens (primary N) is 1. The van der Waals surface area contributed by atoms with Gasteiger partial charge in [-0.15, -0.1) is 0 Å². The van der Waals surface area contributed by atoms with Crippen LogP contribution in [0.2, 0.25) is 0 Å². The van der Waals surface area contributed by atoms with Crippen LogP contribution in [0.25, 0.3) is 0 Å². The third-order valence-electron chi connectivity index (χ3n) is 4.62. The Balaban J connectivity index is 0.00000256. The molecule has 10 heteroatoms. The van der Waals surface area contributed by atoms with Gasteiger partial charge >= 0.3 is 0 Å². The summed E-state index contributed by atoms with van der Waals surface area (Å²) in [5.41, 5.74) is 5.70. The molecule has 0 heterocycles. The summed E-state index contributed by atoms with van der Waals surface area (Å²) in [5.74, 6) is -1.12. The van der Waals surface area contributed by atoms with E-state index in [2.05, 4.69) is 5.32 Å². The Hall–Kier alpha value is -2.69. The van der Waals surface area contributed by atoms with E-state index in [1.807, 2.05) is 0 Å². The number of rotatable bonds is 3. The summed E-state index contributed by atoms with van der Waals surface area (Å²) in [7, 11) is -4.78. The first kappa shape index (κ1) is 22.0. The van der Waals surface area contributed by atoms with Crippen molar-refractivity contribution in [2.75, 3.05) is 11.1 Å². The molecule has 0 aromatic heterocycles. The predicted octanol–water partition coefficient (Wildman–Crippen LogP) is 2.36. The Labute approximate surface area is 193 Å². The van der Waals surface area contributed by atoms with Gasteiger partial charge in [-0.25, -0.2) is 0 Å². The van der Waals surface area contributed by atoms with E-state index in [1.54, 1.807) is 12.1 Å². The molecule has 0 fully saturated rings. The van der Waals surface area contributed by atoms with E-state index in [0.717, 1.165) is 6.07 Å². The van der Waals surface area contributed by atoms with Gasteiger partial charge < -0.3 is 16.2 Å². The van der Waals surface area contributed by atoms with Gasteiger partial charge in [-0.2, -0.15) is 8.42 Å². The van der Waals surface area contributed by atoms with Crippen LogP contribution in [0, 0.1) is 0 Å². The first-order chi connectivity index (χ1) is 13.7. The second kappa shape index (κ2) is 7.86. The Kier molecular flexibility index (Phi) is 5.76. The van der Waals surface area contributed by atoms with Gasteiger partial charge in [-0.05, 0) is 30.3 Å². The number of fused-ring (bicyclic) bond motifs is 2. The molecule has 8 nitrogen and oxygen atoms in total. The SMILES string of the molecule is Nc1c(S(=O)(=O)O)cc(Nc2ccc(O)cc2)c2c1C(=O)c1ccccc1C2=O.[Na]. The van der Waals surface area contributed by atoms with E-state index in [-0.39, 0.29) is 63.2 Å². The van der Waals surface area contributed by atoms with Gasteiger partial charge in [-0.3, -0.25) is 14.1 Å². The molecule has 3 aromatic carbocycles. The van der Waals surface area contributed by atoms with Gasteiger partial charge in [0, 0.05) is 46.4 Å². The Morgan fingerprint density at radius 2 is 1.40 bits per heavy atom. The van der Waals surface area contributed by atoms with Crippen molar-refractivity contribution in [3.8, 4) is 5.75 Å². The molecule has 1 radical (unpaired) electrons. The Bertz CT molecular complexity index is 1300. The van der Waals surface area contributed by atoms with Crippen LogP contribution in [0.5, 0.6) is 5.75 Å². The number of carbonyl (C=O) groups is 2. The molecule has 5 N–H and O–H groups in total. The second-order valence-electron chi connectivity index (χ2n) is 6.44. The maximum atomic E-state index is 13.1. The molecule has 0 saturated heterocycles. The molecule has 3 aromatic rings. The number of benzene rings is 3. The van der Waals surface area contributed by atoms with Crippen LogP contribution in [0.3, 0.4) is 0 Å². The van der Waals surface area contributed by atoms with E-state index in [4.69, 9.17) is 5.73 Å². The summed E-state index contributed by atoms with van der Waals surface area (Å²) >= 11 is 0. The molecule has 1 aliphatic carbocycles. The molecule has 0 saturated carbocycles. The fraction of sp³-hybridized carbons (Fsp3) is 0. The molecule has 0 unspecified atom stereocenters. The third kappa shape index (κ3) is 3.62. The number of aromatic hydroxyl groups is 1. The van der Waals surface area contributed by atoms with Crippen LogP contribution in [-0.4, -0.2) is 59.2 Å². The fourth-order valence-electron chi connectivity index (χ4n) is 3.31. The van der Waals surface area contributed by atoms with Crippen molar-refractivity contribution in [3.63, 3.8) is 0 Å². The number of phenolic OH excluding ortho intramolecular Hbond substituents is 1. The van der Waals surface area contributed by atoms with Gasteiger partial charge in [0.15, 0.2) is 11.6 Å². The summed E-state index contributed by atoms with van der Waals surface area (Å²) < 4.78 is 33.3. The minimum Gasteiger partial charge on any atom is -0.508 e. The number of hydrogen-bond donors (Lipinski definition) is 4. The molecule has 0 amide bonds. The summed E-state index contributed by atoms with van der Waals surface area (Å²) in [4.78, 5) is 25.5. The standard InChI is InChI=1S/C20H14N2O6S.Na/c21-18-15(29(26,27)28)9-14(22-10-5-7-11(23)8-6-10)16-17(18)20(25)13-4-2-1-3-12(13)19(16)24;/h1-9,22-23H,21H2,(H,26,27,28);. The molecular formula is C20H14N2NaO6S. The Morgan fingerprint density at radius 1 is 0.867 bits per heavy atom. The number of anilines is 3. The number of hydrogen-bond acceptors (Lipinski definition) is 7. The number of carbonyl (C=O) groups excluding carboxylic acids is 2. The zero-order valence-electron chi connectivity index (χ0n) is 15.7. The van der Waals surface area contributed by atoms with E-state index in [0.29, 0.717) is 5.69 Å². The van der Waals surface area contributed by atoms with E-state index < -0.39 is 32.3 Å². The van der Waals surface area contributed by atoms with Gasteiger partial charge in [0.2, 0.25) is 0 Å². The summed E-state index contributed by atoms with van der Waals surface area (Å²) in [5, 5.41) is 12.3. The van der Waals surface area contributed by atoms with Crippen molar-refractivity contribution < 1.29 is 27.7 Å². The Morgan fingerprint density at radius 3 is 1.93 bits per heavy atom. The van der Waals surface area contributed by atoms with Gasteiger partial charge in [0.25, 0.3) is 10.1 Å². The largest absolute Gasteiger partial charge is 0.508 e. The van der Waals surface area contributed by atoms with E-state index >= 15 is 0 Å². The average molecular weight is 433 g/mol. The van der Waals surface area contributed by atoms with Crippen molar-refractivity contribution in [1.29, 1.82) is 0 Å². The van der Waals surface area contributed by atoms with Crippen molar-refractivity contribution in [3.05, 3.63) is 76.9 Å². The smallest absolute Gasteiger partial charge is 0.296 e. The molecule has 0 bridgehead atoms. The number of nitrogens with one attached hydrogen (secondary N) is 1. The first-order valence-corrected chi connectivity index (χ1v) is 9.81. The van der Waals surface area contributed by atoms with Crippen LogP contribution in [0.4, 0.5) is 17.1 Å². The summed E-state index contributed by atoms with van der Waals surface area (Å²) in [6, 6.07) is 12.9. The summed E-state index contributed by atoms with van der Waals surface area (Å²) in [6.45, 7) is 0. The topological polar surface area (TPSA) is 147 Å². The second-order valence-corrected chi connectivity index (χ2v) is 7.83. The predicted molar refractivity (Wildman–Crippen MR) is 111 cm³/mol. The van der Waals surface area contributed by atoms with Crippen molar-refractivity contribution in [2.45, 2.75) is 4.90 Å². The number of nitrogen functional groups attached to an aromatic ring is 1. The normalized spacial score (nSPS) is 12.6. The monoisotopic (exact) mass is 433 g/mol. The molecule has 4 rings (SSSR count). The minimum absolute atomic E-state index is 0. The van der Waals surface area contributed by atoms with Crippen molar-refractivity contribution in [2.24, 2.45) is 0 Å². The number of ketones is 2. The minimum atomic E-state index is -4.78. The molecule has 1 aliphatic rings. The van der Waals surface area contributed by atoms with Gasteiger partial charge in [0.1, 0.15) is 10.6 Å².